The summed E-state index contributed by atoms with van der Waals surface area (Å²) in [5.74, 6) is -0.122. The Morgan fingerprint density at radius 3 is 2.62 bits per heavy atom. The highest BCUT2D eigenvalue weighted by Crippen LogP contribution is 2.23. The van der Waals surface area contributed by atoms with Crippen molar-refractivity contribution in [1.82, 2.24) is 4.90 Å². The second kappa shape index (κ2) is 6.03. The third-order valence-electron chi connectivity index (χ3n) is 2.14. The molecule has 0 aliphatic heterocycles. The van der Waals surface area contributed by atoms with Crippen molar-refractivity contribution in [1.29, 1.82) is 0 Å². The number of rotatable bonds is 3. The van der Waals surface area contributed by atoms with Crippen molar-refractivity contribution in [2.45, 2.75) is 13.8 Å². The number of benzene rings is 1. The minimum atomic E-state index is -0.450. The predicted octanol–water partition coefficient (Wildman–Crippen LogP) is 3.27. The fourth-order valence-corrected chi connectivity index (χ4v) is 1.67. The number of nitrogens with zero attached hydrogens (tertiary/aromatic N) is 1. The van der Waals surface area contributed by atoms with E-state index < -0.39 is 6.09 Å². The molecule has 5 heteroatoms. The molecule has 0 heterocycles. The van der Waals surface area contributed by atoms with Crippen LogP contribution in [0.2, 0.25) is 0 Å². The SMILES string of the molecule is CCN(CC)C(=O)Oc1cccc(F)c1I. The van der Waals surface area contributed by atoms with Crippen molar-refractivity contribution < 1.29 is 13.9 Å². The topological polar surface area (TPSA) is 29.5 Å². The Morgan fingerprint density at radius 1 is 1.44 bits per heavy atom. The van der Waals surface area contributed by atoms with Gasteiger partial charge in [-0.1, -0.05) is 6.07 Å². The Balaban J connectivity index is 2.80. The first-order valence-electron chi connectivity index (χ1n) is 5.00. The van der Waals surface area contributed by atoms with E-state index in [1.165, 1.54) is 17.0 Å². The maximum absolute atomic E-state index is 13.2. The van der Waals surface area contributed by atoms with Crippen LogP contribution in [0.1, 0.15) is 13.8 Å². The van der Waals surface area contributed by atoms with Gasteiger partial charge in [0.15, 0.2) is 0 Å². The van der Waals surface area contributed by atoms with E-state index in [0.717, 1.165) is 0 Å². The largest absolute Gasteiger partial charge is 0.415 e. The van der Waals surface area contributed by atoms with Crippen molar-refractivity contribution in [2.24, 2.45) is 0 Å². The fourth-order valence-electron chi connectivity index (χ4n) is 1.20. The van der Waals surface area contributed by atoms with E-state index in [1.54, 1.807) is 6.07 Å². The van der Waals surface area contributed by atoms with Gasteiger partial charge < -0.3 is 9.64 Å². The van der Waals surface area contributed by atoms with Crippen LogP contribution < -0.4 is 4.74 Å². The molecule has 0 spiro atoms. The fraction of sp³-hybridized carbons (Fsp3) is 0.364. The zero-order chi connectivity index (χ0) is 12.1. The molecule has 1 aromatic rings. The summed E-state index contributed by atoms with van der Waals surface area (Å²) in [6.07, 6.45) is -0.450. The average molecular weight is 337 g/mol. The summed E-state index contributed by atoms with van der Waals surface area (Å²) in [6.45, 7) is 4.87. The van der Waals surface area contributed by atoms with Crippen LogP contribution in [-0.2, 0) is 0 Å². The molecule has 1 amide bonds. The van der Waals surface area contributed by atoms with E-state index in [0.29, 0.717) is 16.7 Å². The summed E-state index contributed by atoms with van der Waals surface area (Å²) in [4.78, 5) is 13.1. The highest BCUT2D eigenvalue weighted by Gasteiger charge is 2.14. The first kappa shape index (κ1) is 13.2. The van der Waals surface area contributed by atoms with Crippen molar-refractivity contribution in [3.63, 3.8) is 0 Å². The Morgan fingerprint density at radius 2 is 2.06 bits per heavy atom. The maximum Gasteiger partial charge on any atom is 0.415 e. The van der Waals surface area contributed by atoms with Crippen LogP contribution >= 0.6 is 22.6 Å². The van der Waals surface area contributed by atoms with Crippen LogP contribution in [0.5, 0.6) is 5.75 Å². The monoisotopic (exact) mass is 337 g/mol. The molecular weight excluding hydrogens is 324 g/mol. The smallest absolute Gasteiger partial charge is 0.409 e. The second-order valence-corrected chi connectivity index (χ2v) is 4.17. The summed E-state index contributed by atoms with van der Waals surface area (Å²) in [7, 11) is 0. The summed E-state index contributed by atoms with van der Waals surface area (Å²) < 4.78 is 18.6. The van der Waals surface area contributed by atoms with Crippen LogP contribution in [0.3, 0.4) is 0 Å². The van der Waals surface area contributed by atoms with E-state index in [-0.39, 0.29) is 11.6 Å². The minimum absolute atomic E-state index is 0.262. The molecule has 0 aliphatic rings. The van der Waals surface area contributed by atoms with Gasteiger partial charge in [-0.2, -0.15) is 0 Å². The number of hydrogen-bond acceptors (Lipinski definition) is 2. The van der Waals surface area contributed by atoms with Gasteiger partial charge in [-0.05, 0) is 48.6 Å². The first-order valence-corrected chi connectivity index (χ1v) is 6.08. The number of carbonyl (C=O) groups excluding carboxylic acids is 1. The molecule has 0 aromatic heterocycles. The Kier molecular flexibility index (Phi) is 4.98. The number of amides is 1. The quantitative estimate of drug-likeness (QED) is 0.793. The molecule has 88 valence electrons. The van der Waals surface area contributed by atoms with Crippen LogP contribution in [0.15, 0.2) is 18.2 Å². The molecule has 1 rings (SSSR count). The molecule has 16 heavy (non-hydrogen) atoms. The third kappa shape index (κ3) is 3.07. The van der Waals surface area contributed by atoms with Crippen LogP contribution in [0.4, 0.5) is 9.18 Å². The summed E-state index contributed by atoms with van der Waals surface area (Å²) in [5.41, 5.74) is 0. The molecule has 3 nitrogen and oxygen atoms in total. The van der Waals surface area contributed by atoms with E-state index in [4.69, 9.17) is 4.74 Å². The number of carbonyl (C=O) groups is 1. The Bertz CT molecular complexity index is 380. The highest BCUT2D eigenvalue weighted by molar-refractivity contribution is 14.1. The predicted molar refractivity (Wildman–Crippen MR) is 68.1 cm³/mol. The Hall–Kier alpha value is -0.850. The summed E-state index contributed by atoms with van der Waals surface area (Å²) in [6, 6.07) is 4.42. The van der Waals surface area contributed by atoms with Gasteiger partial charge in [0.25, 0.3) is 0 Å². The van der Waals surface area contributed by atoms with Crippen molar-refractivity contribution in [3.05, 3.63) is 27.6 Å². The lowest BCUT2D eigenvalue weighted by Crippen LogP contribution is -2.33. The molecule has 0 unspecified atom stereocenters. The standard InChI is InChI=1S/C11H13FINO2/c1-3-14(4-2)11(15)16-9-7-5-6-8(12)10(9)13/h5-7H,3-4H2,1-2H3. The van der Waals surface area contributed by atoms with Crippen molar-refractivity contribution in [3.8, 4) is 5.75 Å². The zero-order valence-corrected chi connectivity index (χ0v) is 11.3. The molecule has 0 fully saturated rings. The van der Waals surface area contributed by atoms with E-state index >= 15 is 0 Å². The van der Waals surface area contributed by atoms with Gasteiger partial charge >= 0.3 is 6.09 Å². The molecule has 0 saturated carbocycles. The molecule has 0 N–H and O–H groups in total. The average Bonchev–Trinajstić information content (AvgIpc) is 2.26. The highest BCUT2D eigenvalue weighted by atomic mass is 127. The number of ether oxygens (including phenoxy) is 1. The van der Waals surface area contributed by atoms with Gasteiger partial charge in [0, 0.05) is 13.1 Å². The van der Waals surface area contributed by atoms with E-state index in [2.05, 4.69) is 0 Å². The lowest BCUT2D eigenvalue weighted by molar-refractivity contribution is 0.157. The molecule has 0 radical (unpaired) electrons. The number of halogens is 2. The third-order valence-corrected chi connectivity index (χ3v) is 3.18. The van der Waals surface area contributed by atoms with E-state index in [1.807, 2.05) is 36.4 Å². The van der Waals surface area contributed by atoms with Gasteiger partial charge in [0.1, 0.15) is 11.6 Å². The van der Waals surface area contributed by atoms with Gasteiger partial charge in [0.05, 0.1) is 3.57 Å². The summed E-state index contributed by atoms with van der Waals surface area (Å²) >= 11 is 1.82. The molecule has 1 aromatic carbocycles. The lowest BCUT2D eigenvalue weighted by atomic mass is 10.3. The molecule has 0 bridgehead atoms. The van der Waals surface area contributed by atoms with Crippen molar-refractivity contribution in [2.75, 3.05) is 13.1 Å². The lowest BCUT2D eigenvalue weighted by Gasteiger charge is -2.18. The van der Waals surface area contributed by atoms with Gasteiger partial charge in [-0.3, -0.25) is 0 Å². The summed E-state index contributed by atoms with van der Waals surface area (Å²) in [5, 5.41) is 0. The van der Waals surface area contributed by atoms with Crippen LogP contribution in [-0.4, -0.2) is 24.1 Å². The Labute approximate surface area is 108 Å². The molecule has 0 aliphatic carbocycles. The van der Waals surface area contributed by atoms with E-state index in [9.17, 15) is 9.18 Å². The van der Waals surface area contributed by atoms with Crippen molar-refractivity contribution >= 4 is 28.7 Å². The zero-order valence-electron chi connectivity index (χ0n) is 9.17. The van der Waals surface area contributed by atoms with Gasteiger partial charge in [-0.15, -0.1) is 0 Å². The molecule has 0 atom stereocenters. The van der Waals surface area contributed by atoms with Gasteiger partial charge in [0.2, 0.25) is 0 Å². The first-order chi connectivity index (χ1) is 7.60. The number of hydrogen-bond donors (Lipinski definition) is 0. The molecular formula is C11H13FINO2. The second-order valence-electron chi connectivity index (χ2n) is 3.09. The van der Waals surface area contributed by atoms with Crippen LogP contribution in [0, 0.1) is 9.39 Å². The van der Waals surface area contributed by atoms with Gasteiger partial charge in [-0.25, -0.2) is 9.18 Å². The molecule has 0 saturated heterocycles. The minimum Gasteiger partial charge on any atom is -0.409 e. The van der Waals surface area contributed by atoms with Crippen LogP contribution in [0.25, 0.3) is 0 Å². The maximum atomic E-state index is 13.2. The normalized spacial score (nSPS) is 10.0.